The highest BCUT2D eigenvalue weighted by molar-refractivity contribution is 5.94. The lowest BCUT2D eigenvalue weighted by molar-refractivity contribution is 0.0760. The van der Waals surface area contributed by atoms with Crippen molar-refractivity contribution in [2.24, 2.45) is 0 Å². The number of carbonyl (C=O) groups is 1. The lowest BCUT2D eigenvalue weighted by Crippen LogP contribution is -2.35. The Hall–Kier alpha value is -3.64. The smallest absolute Gasteiger partial charge is 0.253 e. The number of hydrogen-bond donors (Lipinski definition) is 0. The average Bonchev–Trinajstić information content (AvgIpc) is 3.12. The zero-order valence-corrected chi connectivity index (χ0v) is 19.2. The summed E-state index contributed by atoms with van der Waals surface area (Å²) >= 11 is 0. The van der Waals surface area contributed by atoms with Crippen molar-refractivity contribution in [3.63, 3.8) is 0 Å². The number of amides is 1. The Morgan fingerprint density at radius 2 is 1.79 bits per heavy atom. The Balaban J connectivity index is 1.27. The van der Waals surface area contributed by atoms with Gasteiger partial charge >= 0.3 is 0 Å². The number of fused-ring (bicyclic) bond motifs is 1. The Morgan fingerprint density at radius 1 is 0.971 bits per heavy atom. The fraction of sp³-hybridized carbons (Fsp3) is 0.250. The van der Waals surface area contributed by atoms with E-state index in [1.54, 1.807) is 19.2 Å². The minimum atomic E-state index is -0.334. The molecule has 34 heavy (non-hydrogen) atoms. The summed E-state index contributed by atoms with van der Waals surface area (Å²) in [7, 11) is 1.68. The maximum Gasteiger partial charge on any atom is 0.253 e. The molecular weight excluding hydrogens is 431 g/mol. The van der Waals surface area contributed by atoms with Gasteiger partial charge in [-0.2, -0.15) is 0 Å². The summed E-state index contributed by atoms with van der Waals surface area (Å²) in [6, 6.07) is 22.0. The largest absolute Gasteiger partial charge is 0.496 e. The topological polar surface area (TPSA) is 45.9 Å². The predicted octanol–water partition coefficient (Wildman–Crippen LogP) is 5.60. The van der Waals surface area contributed by atoms with Crippen LogP contribution in [-0.4, -0.2) is 49.0 Å². The van der Waals surface area contributed by atoms with E-state index >= 15 is 0 Å². The van der Waals surface area contributed by atoms with E-state index in [1.807, 2.05) is 29.2 Å². The van der Waals surface area contributed by atoms with Crippen LogP contribution < -0.4 is 4.74 Å². The zero-order chi connectivity index (χ0) is 23.5. The van der Waals surface area contributed by atoms with Crippen molar-refractivity contribution in [2.45, 2.75) is 13.0 Å². The van der Waals surface area contributed by atoms with Crippen molar-refractivity contribution in [2.75, 3.05) is 33.3 Å². The summed E-state index contributed by atoms with van der Waals surface area (Å²) in [5.74, 6) is 1.37. The number of para-hydroxylation sites is 1. The number of methoxy groups -OCH3 is 1. The summed E-state index contributed by atoms with van der Waals surface area (Å²) < 4.78 is 24.8. The molecule has 1 saturated heterocycles. The highest BCUT2D eigenvalue weighted by Gasteiger charge is 2.21. The van der Waals surface area contributed by atoms with Crippen LogP contribution in [0.15, 0.2) is 77.2 Å². The molecule has 0 bridgehead atoms. The molecule has 5 nitrogen and oxygen atoms in total. The first-order valence-electron chi connectivity index (χ1n) is 11.5. The highest BCUT2D eigenvalue weighted by atomic mass is 19.1. The van der Waals surface area contributed by atoms with Gasteiger partial charge in [0.05, 0.1) is 13.7 Å². The van der Waals surface area contributed by atoms with E-state index < -0.39 is 0 Å². The Labute approximate surface area is 198 Å². The predicted molar refractivity (Wildman–Crippen MR) is 130 cm³/mol. The summed E-state index contributed by atoms with van der Waals surface area (Å²) in [5, 5.41) is 1.06. The molecule has 174 valence electrons. The van der Waals surface area contributed by atoms with Crippen LogP contribution in [0.4, 0.5) is 4.39 Å². The summed E-state index contributed by atoms with van der Waals surface area (Å²) in [6.45, 7) is 3.66. The molecule has 1 aliphatic heterocycles. The van der Waals surface area contributed by atoms with E-state index in [2.05, 4.69) is 29.2 Å². The lowest BCUT2D eigenvalue weighted by Gasteiger charge is -2.21. The Kier molecular flexibility index (Phi) is 6.32. The molecule has 1 aromatic heterocycles. The molecule has 1 aliphatic rings. The highest BCUT2D eigenvalue weighted by Crippen LogP contribution is 2.32. The minimum Gasteiger partial charge on any atom is -0.496 e. The third-order valence-electron chi connectivity index (χ3n) is 6.33. The molecule has 0 radical (unpaired) electrons. The van der Waals surface area contributed by atoms with Gasteiger partial charge in [0, 0.05) is 42.7 Å². The van der Waals surface area contributed by atoms with Crippen molar-refractivity contribution >= 4 is 16.9 Å². The normalized spacial score (nSPS) is 14.8. The second-order valence-corrected chi connectivity index (χ2v) is 8.59. The van der Waals surface area contributed by atoms with Crippen molar-refractivity contribution in [3.8, 4) is 16.9 Å². The van der Waals surface area contributed by atoms with E-state index in [9.17, 15) is 9.18 Å². The molecule has 0 saturated carbocycles. The van der Waals surface area contributed by atoms with Gasteiger partial charge in [-0.15, -0.1) is 0 Å². The van der Waals surface area contributed by atoms with Crippen molar-refractivity contribution in [1.82, 2.24) is 9.80 Å². The van der Waals surface area contributed by atoms with E-state index in [0.717, 1.165) is 53.1 Å². The molecule has 0 unspecified atom stereocenters. The SMILES string of the molecule is COc1ccccc1-c1ccc2oc(CN3CCCN(C(=O)c4ccc(F)cc4)CC3)cc2c1. The molecular formula is C28H27FN2O3. The number of hydrogen-bond acceptors (Lipinski definition) is 4. The van der Waals surface area contributed by atoms with Crippen LogP contribution in [0.5, 0.6) is 5.75 Å². The summed E-state index contributed by atoms with van der Waals surface area (Å²) in [4.78, 5) is 17.0. The van der Waals surface area contributed by atoms with Gasteiger partial charge in [0.25, 0.3) is 5.91 Å². The molecule has 5 rings (SSSR count). The van der Waals surface area contributed by atoms with Gasteiger partial charge in [-0.25, -0.2) is 4.39 Å². The van der Waals surface area contributed by atoms with E-state index in [1.165, 1.54) is 12.1 Å². The first kappa shape index (κ1) is 22.2. The maximum absolute atomic E-state index is 13.2. The third-order valence-corrected chi connectivity index (χ3v) is 6.33. The molecule has 4 aromatic rings. The average molecular weight is 459 g/mol. The van der Waals surface area contributed by atoms with Crippen LogP contribution >= 0.6 is 0 Å². The van der Waals surface area contributed by atoms with Crippen molar-refractivity contribution in [1.29, 1.82) is 0 Å². The number of rotatable bonds is 5. The van der Waals surface area contributed by atoms with E-state index in [-0.39, 0.29) is 11.7 Å². The van der Waals surface area contributed by atoms with Crippen LogP contribution in [0.25, 0.3) is 22.1 Å². The van der Waals surface area contributed by atoms with Gasteiger partial charge in [-0.05, 0) is 60.5 Å². The molecule has 0 spiro atoms. The van der Waals surface area contributed by atoms with Crippen molar-refractivity contribution < 1.29 is 18.3 Å². The van der Waals surface area contributed by atoms with Gasteiger partial charge in [-0.1, -0.05) is 24.3 Å². The second kappa shape index (κ2) is 9.69. The Morgan fingerprint density at radius 3 is 2.62 bits per heavy atom. The molecule has 2 heterocycles. The summed E-state index contributed by atoms with van der Waals surface area (Å²) in [6.07, 6.45) is 0.880. The molecule has 0 N–H and O–H groups in total. The number of halogens is 1. The van der Waals surface area contributed by atoms with Gasteiger partial charge in [-0.3, -0.25) is 9.69 Å². The fourth-order valence-corrected chi connectivity index (χ4v) is 4.55. The van der Waals surface area contributed by atoms with E-state index in [4.69, 9.17) is 9.15 Å². The van der Waals surface area contributed by atoms with Crippen LogP contribution in [-0.2, 0) is 6.54 Å². The third kappa shape index (κ3) is 4.68. The monoisotopic (exact) mass is 458 g/mol. The molecule has 3 aromatic carbocycles. The standard InChI is InChI=1S/C28H27FN2O3/c1-33-27-6-3-2-5-25(27)21-9-12-26-22(17-21)18-24(34-26)19-30-13-4-14-31(16-15-30)28(32)20-7-10-23(29)11-8-20/h2-3,5-12,17-18H,4,13-16,19H2,1H3. The molecule has 1 fully saturated rings. The molecule has 0 atom stereocenters. The zero-order valence-electron chi connectivity index (χ0n) is 19.2. The molecule has 0 aliphatic carbocycles. The Bertz CT molecular complexity index is 1300. The van der Waals surface area contributed by atoms with Gasteiger partial charge < -0.3 is 14.1 Å². The second-order valence-electron chi connectivity index (χ2n) is 8.59. The molecule has 1 amide bonds. The quantitative estimate of drug-likeness (QED) is 0.391. The van der Waals surface area contributed by atoms with Gasteiger partial charge in [0.2, 0.25) is 0 Å². The molecule has 6 heteroatoms. The number of ether oxygens (including phenoxy) is 1. The first-order valence-corrected chi connectivity index (χ1v) is 11.5. The fourth-order valence-electron chi connectivity index (χ4n) is 4.55. The maximum atomic E-state index is 13.2. The van der Waals surface area contributed by atoms with Crippen molar-refractivity contribution in [3.05, 3.63) is 89.9 Å². The number of furan rings is 1. The van der Waals surface area contributed by atoms with Gasteiger partial charge in [0.15, 0.2) is 0 Å². The number of nitrogens with zero attached hydrogens (tertiary/aromatic N) is 2. The minimum absolute atomic E-state index is 0.0468. The van der Waals surface area contributed by atoms with E-state index in [0.29, 0.717) is 25.2 Å². The van der Waals surface area contributed by atoms with Crippen LogP contribution in [0.2, 0.25) is 0 Å². The number of carbonyl (C=O) groups excluding carboxylic acids is 1. The van der Waals surface area contributed by atoms with Crippen LogP contribution in [0.3, 0.4) is 0 Å². The number of benzene rings is 3. The van der Waals surface area contributed by atoms with Gasteiger partial charge in [0.1, 0.15) is 22.9 Å². The van der Waals surface area contributed by atoms with Crippen LogP contribution in [0.1, 0.15) is 22.5 Å². The van der Waals surface area contributed by atoms with Crippen LogP contribution in [0, 0.1) is 5.82 Å². The lowest BCUT2D eigenvalue weighted by atomic mass is 10.0. The summed E-state index contributed by atoms with van der Waals surface area (Å²) in [5.41, 5.74) is 3.52. The first-order chi connectivity index (χ1) is 16.6.